The van der Waals surface area contributed by atoms with Gasteiger partial charge in [0.2, 0.25) is 0 Å². The number of rotatable bonds is 3. The minimum atomic E-state index is -3.01. The minimum absolute atomic E-state index is 0.345. The van der Waals surface area contributed by atoms with E-state index >= 15 is 0 Å². The predicted octanol–water partition coefficient (Wildman–Crippen LogP) is 0.481. The van der Waals surface area contributed by atoms with E-state index in [1.807, 2.05) is 0 Å². The van der Waals surface area contributed by atoms with Crippen LogP contribution in [0.2, 0.25) is 0 Å². The average molecular weight is 181 g/mol. The van der Waals surface area contributed by atoms with Crippen molar-refractivity contribution in [1.82, 2.24) is 4.90 Å². The Morgan fingerprint density at radius 1 is 1.58 bits per heavy atom. The van der Waals surface area contributed by atoms with Crippen molar-refractivity contribution < 1.29 is 18.7 Å². The first-order chi connectivity index (χ1) is 5.33. The van der Waals surface area contributed by atoms with Crippen LogP contribution in [0.4, 0.5) is 8.78 Å². The van der Waals surface area contributed by atoms with Gasteiger partial charge in [-0.1, -0.05) is 0 Å². The third kappa shape index (κ3) is 2.41. The molecule has 0 aromatic heterocycles. The zero-order valence-corrected chi connectivity index (χ0v) is 7.34. The number of hydrogen-bond donors (Lipinski definition) is 1. The molecule has 0 aromatic carbocycles. The van der Waals surface area contributed by atoms with Gasteiger partial charge in [0.15, 0.2) is 0 Å². The van der Waals surface area contributed by atoms with Crippen LogP contribution in [0.3, 0.4) is 0 Å². The first-order valence-electron chi connectivity index (χ1n) is 3.49. The van der Waals surface area contributed by atoms with Crippen LogP contribution in [0.15, 0.2) is 0 Å². The lowest BCUT2D eigenvalue weighted by molar-refractivity contribution is -0.147. The van der Waals surface area contributed by atoms with Crippen molar-refractivity contribution in [2.24, 2.45) is 0 Å². The molecule has 1 N–H and O–H groups in total. The maximum Gasteiger partial charge on any atom is 0.315 e. The molecule has 0 aliphatic carbocycles. The molecule has 5 heteroatoms. The van der Waals surface area contributed by atoms with Crippen LogP contribution >= 0.6 is 0 Å². The number of aliphatic hydroxyl groups is 1. The average Bonchev–Trinajstić information content (AvgIpc) is 2.01. The lowest BCUT2D eigenvalue weighted by Gasteiger charge is -2.33. The highest BCUT2D eigenvalue weighted by Gasteiger charge is 2.31. The van der Waals surface area contributed by atoms with Gasteiger partial charge in [0.25, 0.3) is 5.91 Å². The molecule has 0 radical (unpaired) electrons. The Balaban J connectivity index is 4.38. The summed E-state index contributed by atoms with van der Waals surface area (Å²) in [5.41, 5.74) is -0.937. The van der Waals surface area contributed by atoms with Crippen LogP contribution in [0, 0.1) is 0 Å². The first-order valence-corrected chi connectivity index (χ1v) is 3.49. The van der Waals surface area contributed by atoms with Crippen LogP contribution in [-0.4, -0.2) is 41.5 Å². The Bertz CT molecular complexity index is 171. The Morgan fingerprint density at radius 2 is 2.00 bits per heavy atom. The molecule has 1 amide bonds. The summed E-state index contributed by atoms with van der Waals surface area (Å²) in [5, 5.41) is 8.76. The van der Waals surface area contributed by atoms with Crippen molar-refractivity contribution in [3.63, 3.8) is 0 Å². The lowest BCUT2D eigenvalue weighted by atomic mass is 10.1. The number of aliphatic hydroxyl groups excluding tert-OH is 1. The SMILES string of the molecule is CN(C(=O)C(F)F)C(C)(C)CO. The van der Waals surface area contributed by atoms with Gasteiger partial charge >= 0.3 is 6.43 Å². The molecular formula is C7H13F2NO2. The minimum Gasteiger partial charge on any atom is -0.394 e. The number of amides is 1. The van der Waals surface area contributed by atoms with Gasteiger partial charge in [-0.25, -0.2) is 0 Å². The van der Waals surface area contributed by atoms with Crippen LogP contribution in [-0.2, 0) is 4.79 Å². The molecule has 0 unspecified atom stereocenters. The van der Waals surface area contributed by atoms with E-state index in [1.165, 1.54) is 20.9 Å². The molecule has 0 bridgehead atoms. The zero-order valence-electron chi connectivity index (χ0n) is 7.34. The van der Waals surface area contributed by atoms with E-state index in [9.17, 15) is 13.6 Å². The molecule has 0 aliphatic rings. The molecule has 0 spiro atoms. The molecule has 3 nitrogen and oxygen atoms in total. The van der Waals surface area contributed by atoms with Gasteiger partial charge in [0.1, 0.15) is 0 Å². The molecule has 0 saturated carbocycles. The molecule has 0 aromatic rings. The van der Waals surface area contributed by atoms with E-state index in [4.69, 9.17) is 5.11 Å². The van der Waals surface area contributed by atoms with Crippen molar-refractivity contribution in [3.8, 4) is 0 Å². The number of likely N-dealkylation sites (N-methyl/N-ethyl adjacent to an activating group) is 1. The quantitative estimate of drug-likeness (QED) is 0.688. The molecule has 12 heavy (non-hydrogen) atoms. The van der Waals surface area contributed by atoms with Gasteiger partial charge < -0.3 is 10.0 Å². The second kappa shape index (κ2) is 3.80. The van der Waals surface area contributed by atoms with Gasteiger partial charge in [0, 0.05) is 7.05 Å². The Morgan fingerprint density at radius 3 is 2.25 bits per heavy atom. The van der Waals surface area contributed by atoms with Crippen LogP contribution in [0.1, 0.15) is 13.8 Å². The maximum absolute atomic E-state index is 11.9. The van der Waals surface area contributed by atoms with Gasteiger partial charge in [-0.05, 0) is 13.8 Å². The summed E-state index contributed by atoms with van der Waals surface area (Å²) in [6, 6.07) is 0. The first kappa shape index (κ1) is 11.3. The monoisotopic (exact) mass is 181 g/mol. The smallest absolute Gasteiger partial charge is 0.315 e. The van der Waals surface area contributed by atoms with Gasteiger partial charge in [0.05, 0.1) is 12.1 Å². The predicted molar refractivity (Wildman–Crippen MR) is 39.9 cm³/mol. The van der Waals surface area contributed by atoms with Crippen molar-refractivity contribution in [2.45, 2.75) is 25.8 Å². The summed E-state index contributed by atoms with van der Waals surface area (Å²) in [5.74, 6) is -1.27. The number of halogens is 2. The van der Waals surface area contributed by atoms with E-state index < -0.39 is 17.9 Å². The van der Waals surface area contributed by atoms with Gasteiger partial charge in [-0.15, -0.1) is 0 Å². The molecule has 72 valence electrons. The highest BCUT2D eigenvalue weighted by atomic mass is 19.3. The lowest BCUT2D eigenvalue weighted by Crippen LogP contribution is -2.49. The summed E-state index contributed by atoms with van der Waals surface area (Å²) in [6.07, 6.45) is -3.01. The van der Waals surface area contributed by atoms with Crippen molar-refractivity contribution >= 4 is 5.91 Å². The number of carbonyl (C=O) groups is 1. The van der Waals surface area contributed by atoms with Crippen LogP contribution < -0.4 is 0 Å². The molecule has 0 aliphatic heterocycles. The number of alkyl halides is 2. The van der Waals surface area contributed by atoms with E-state index in [-0.39, 0.29) is 6.61 Å². The summed E-state index contributed by atoms with van der Waals surface area (Å²) in [4.78, 5) is 11.6. The van der Waals surface area contributed by atoms with E-state index in [2.05, 4.69) is 0 Å². The summed E-state index contributed by atoms with van der Waals surface area (Å²) in [6.45, 7) is 2.67. The van der Waals surface area contributed by atoms with E-state index in [0.717, 1.165) is 4.90 Å². The van der Waals surface area contributed by atoms with Gasteiger partial charge in [-0.2, -0.15) is 8.78 Å². The van der Waals surface area contributed by atoms with Crippen LogP contribution in [0.25, 0.3) is 0 Å². The second-order valence-corrected chi connectivity index (χ2v) is 3.17. The Kier molecular flexibility index (Phi) is 3.57. The van der Waals surface area contributed by atoms with Crippen molar-refractivity contribution in [2.75, 3.05) is 13.7 Å². The molecule has 0 fully saturated rings. The Hall–Kier alpha value is -0.710. The van der Waals surface area contributed by atoms with E-state index in [0.29, 0.717) is 0 Å². The number of hydrogen-bond acceptors (Lipinski definition) is 2. The fourth-order valence-corrected chi connectivity index (χ4v) is 0.551. The normalized spacial score (nSPS) is 11.9. The van der Waals surface area contributed by atoms with E-state index in [1.54, 1.807) is 0 Å². The standard InChI is InChI=1S/C7H13F2NO2/c1-7(2,4-11)10(3)6(12)5(8)9/h5,11H,4H2,1-3H3. The third-order valence-electron chi connectivity index (χ3n) is 1.81. The Labute approximate surface area is 70.0 Å². The maximum atomic E-state index is 11.9. The van der Waals surface area contributed by atoms with Crippen molar-refractivity contribution in [3.05, 3.63) is 0 Å². The highest BCUT2D eigenvalue weighted by molar-refractivity contribution is 5.79. The second-order valence-electron chi connectivity index (χ2n) is 3.17. The summed E-state index contributed by atoms with van der Waals surface area (Å²) < 4.78 is 23.7. The number of nitrogens with zero attached hydrogens (tertiary/aromatic N) is 1. The van der Waals surface area contributed by atoms with Crippen LogP contribution in [0.5, 0.6) is 0 Å². The fourth-order valence-electron chi connectivity index (χ4n) is 0.551. The largest absolute Gasteiger partial charge is 0.394 e. The summed E-state index contributed by atoms with van der Waals surface area (Å²) >= 11 is 0. The number of carbonyl (C=O) groups excluding carboxylic acids is 1. The topological polar surface area (TPSA) is 40.5 Å². The molecule has 0 rings (SSSR count). The van der Waals surface area contributed by atoms with Gasteiger partial charge in [-0.3, -0.25) is 4.79 Å². The molecular weight excluding hydrogens is 168 g/mol. The molecule has 0 atom stereocenters. The summed E-state index contributed by atoms with van der Waals surface area (Å²) in [7, 11) is 1.24. The molecule has 0 saturated heterocycles. The fraction of sp³-hybridized carbons (Fsp3) is 0.857. The van der Waals surface area contributed by atoms with Crippen molar-refractivity contribution in [1.29, 1.82) is 0 Å². The highest BCUT2D eigenvalue weighted by Crippen LogP contribution is 2.13. The molecule has 0 heterocycles. The zero-order chi connectivity index (χ0) is 9.94. The third-order valence-corrected chi connectivity index (χ3v) is 1.81.